The number of benzene rings is 2. The number of para-hydroxylation sites is 2. The number of fused-ring (bicyclic) bond motifs is 3. The molecule has 2 aromatic carbocycles. The number of amides is 2. The summed E-state index contributed by atoms with van der Waals surface area (Å²) >= 11 is 0. The van der Waals surface area contributed by atoms with Gasteiger partial charge in [-0.1, -0.05) is 43.3 Å². The first-order chi connectivity index (χ1) is 18.1. The maximum atomic E-state index is 13.6. The minimum atomic E-state index is 0.0645. The molecule has 8 heteroatoms. The number of aryl methyl sites for hydroxylation is 2. The Hall–Kier alpha value is -3.52. The molecule has 3 aromatic rings. The predicted octanol–water partition coefficient (Wildman–Crippen LogP) is 2.88. The van der Waals surface area contributed by atoms with E-state index in [1.54, 1.807) is 0 Å². The molecule has 3 aliphatic rings. The van der Waals surface area contributed by atoms with E-state index in [-0.39, 0.29) is 24.9 Å². The average Bonchev–Trinajstić information content (AvgIpc) is 3.64. The van der Waals surface area contributed by atoms with E-state index in [2.05, 4.69) is 38.7 Å². The highest BCUT2D eigenvalue weighted by atomic mass is 16.2. The monoisotopic (exact) mass is 498 g/mol. The van der Waals surface area contributed by atoms with Crippen LogP contribution in [0.3, 0.4) is 0 Å². The van der Waals surface area contributed by atoms with E-state index in [4.69, 9.17) is 0 Å². The molecule has 1 atom stereocenters. The molecule has 37 heavy (non-hydrogen) atoms. The van der Waals surface area contributed by atoms with Gasteiger partial charge in [-0.15, -0.1) is 10.2 Å². The van der Waals surface area contributed by atoms with Crippen LogP contribution >= 0.6 is 0 Å². The number of rotatable bonds is 7. The lowest BCUT2D eigenvalue weighted by Crippen LogP contribution is -2.47. The fourth-order valence-electron chi connectivity index (χ4n) is 6.16. The Morgan fingerprint density at radius 3 is 2.05 bits per heavy atom. The summed E-state index contributed by atoms with van der Waals surface area (Å²) in [5.41, 5.74) is 4.44. The van der Waals surface area contributed by atoms with Gasteiger partial charge in [0.2, 0.25) is 11.8 Å². The van der Waals surface area contributed by atoms with Crippen LogP contribution in [0.2, 0.25) is 0 Å². The molecule has 4 heterocycles. The summed E-state index contributed by atoms with van der Waals surface area (Å²) in [6.45, 7) is 5.52. The molecule has 0 radical (unpaired) electrons. The molecular weight excluding hydrogens is 464 g/mol. The second-order valence-electron chi connectivity index (χ2n) is 10.4. The summed E-state index contributed by atoms with van der Waals surface area (Å²) in [6.07, 6.45) is 4.48. The van der Waals surface area contributed by atoms with Crippen molar-refractivity contribution in [3.63, 3.8) is 0 Å². The zero-order chi connectivity index (χ0) is 25.4. The molecule has 0 fully saturated rings. The van der Waals surface area contributed by atoms with Crippen molar-refractivity contribution in [3.05, 3.63) is 71.3 Å². The molecule has 192 valence electrons. The van der Waals surface area contributed by atoms with Crippen LogP contribution in [0.4, 0.5) is 11.4 Å². The molecule has 0 bridgehead atoms. The number of nitrogens with zero attached hydrogens (tertiary/aromatic N) is 6. The Balaban J connectivity index is 1.20. The van der Waals surface area contributed by atoms with Crippen LogP contribution in [0, 0.1) is 5.92 Å². The third-order valence-corrected chi connectivity index (χ3v) is 8.05. The van der Waals surface area contributed by atoms with Gasteiger partial charge in [0.25, 0.3) is 0 Å². The predicted molar refractivity (Wildman–Crippen MR) is 143 cm³/mol. The highest BCUT2D eigenvalue weighted by Crippen LogP contribution is 2.29. The zero-order valence-corrected chi connectivity index (χ0v) is 21.5. The molecule has 0 saturated carbocycles. The van der Waals surface area contributed by atoms with Gasteiger partial charge in [-0.25, -0.2) is 0 Å². The third kappa shape index (κ3) is 4.66. The summed E-state index contributed by atoms with van der Waals surface area (Å²) in [5, 5.41) is 8.71. The van der Waals surface area contributed by atoms with Crippen molar-refractivity contribution < 1.29 is 9.59 Å². The Labute approximate surface area is 217 Å². The lowest BCUT2D eigenvalue weighted by molar-refractivity contribution is -0.122. The first kappa shape index (κ1) is 23.9. The van der Waals surface area contributed by atoms with Crippen LogP contribution in [0.15, 0.2) is 48.5 Å². The third-order valence-electron chi connectivity index (χ3n) is 8.05. The SMILES string of the molecule is CCc1nnc2n1CC(CN(CC(=O)N1CCc3ccccc31)CC(=O)N1CCc3ccccc31)CC2. The number of carbonyl (C=O) groups excluding carboxylic acids is 2. The van der Waals surface area contributed by atoms with Gasteiger partial charge in [0.05, 0.1) is 13.1 Å². The van der Waals surface area contributed by atoms with Crippen molar-refractivity contribution in [2.75, 3.05) is 42.5 Å². The van der Waals surface area contributed by atoms with Crippen LogP contribution in [0.25, 0.3) is 0 Å². The topological polar surface area (TPSA) is 74.6 Å². The minimum Gasteiger partial charge on any atom is -0.315 e. The smallest absolute Gasteiger partial charge is 0.241 e. The van der Waals surface area contributed by atoms with Gasteiger partial charge >= 0.3 is 0 Å². The fraction of sp³-hybridized carbons (Fsp3) is 0.448. The second kappa shape index (κ2) is 10.1. The maximum Gasteiger partial charge on any atom is 0.241 e. The highest BCUT2D eigenvalue weighted by Gasteiger charge is 2.31. The van der Waals surface area contributed by atoms with Crippen LogP contribution in [-0.2, 0) is 41.8 Å². The average molecular weight is 499 g/mol. The number of hydrogen-bond acceptors (Lipinski definition) is 5. The van der Waals surface area contributed by atoms with Gasteiger partial charge < -0.3 is 14.4 Å². The van der Waals surface area contributed by atoms with Crippen molar-refractivity contribution in [2.24, 2.45) is 5.92 Å². The van der Waals surface area contributed by atoms with Crippen molar-refractivity contribution in [1.82, 2.24) is 19.7 Å². The summed E-state index contributed by atoms with van der Waals surface area (Å²) in [7, 11) is 0. The molecule has 0 saturated heterocycles. The standard InChI is InChI=1S/C29H34N6O2/c1-2-26-30-31-27-12-11-21(18-35(26)27)17-32(19-28(36)33-15-13-22-7-3-5-9-24(22)33)20-29(37)34-16-14-23-8-4-6-10-25(23)34/h3-10,21H,2,11-20H2,1H3. The summed E-state index contributed by atoms with van der Waals surface area (Å²) in [4.78, 5) is 33.0. The van der Waals surface area contributed by atoms with Crippen LogP contribution in [-0.4, -0.2) is 64.2 Å². The van der Waals surface area contributed by atoms with Crippen molar-refractivity contribution >= 4 is 23.2 Å². The Bertz CT molecular complexity index is 1230. The molecule has 0 aliphatic carbocycles. The van der Waals surface area contributed by atoms with E-state index in [0.29, 0.717) is 25.6 Å². The fourth-order valence-corrected chi connectivity index (χ4v) is 6.16. The lowest BCUT2D eigenvalue weighted by atomic mass is 9.98. The number of carbonyl (C=O) groups is 2. The van der Waals surface area contributed by atoms with E-state index in [9.17, 15) is 9.59 Å². The molecule has 1 unspecified atom stereocenters. The number of aromatic nitrogens is 3. The molecular formula is C29H34N6O2. The van der Waals surface area contributed by atoms with Gasteiger partial charge in [0.15, 0.2) is 0 Å². The Morgan fingerprint density at radius 2 is 1.46 bits per heavy atom. The van der Waals surface area contributed by atoms with Gasteiger partial charge in [0.1, 0.15) is 11.6 Å². The molecule has 0 N–H and O–H groups in total. The van der Waals surface area contributed by atoms with E-state index in [0.717, 1.165) is 61.7 Å². The van der Waals surface area contributed by atoms with Gasteiger partial charge in [-0.3, -0.25) is 14.5 Å². The van der Waals surface area contributed by atoms with Crippen LogP contribution in [0.1, 0.15) is 36.1 Å². The largest absolute Gasteiger partial charge is 0.315 e. The zero-order valence-electron chi connectivity index (χ0n) is 21.5. The van der Waals surface area contributed by atoms with E-state index in [1.165, 1.54) is 11.1 Å². The lowest BCUT2D eigenvalue weighted by Gasteiger charge is -2.32. The quantitative estimate of drug-likeness (QED) is 0.501. The first-order valence-corrected chi connectivity index (χ1v) is 13.5. The van der Waals surface area contributed by atoms with Crippen LogP contribution in [0.5, 0.6) is 0 Å². The summed E-state index contributed by atoms with van der Waals surface area (Å²) in [6, 6.07) is 16.3. The highest BCUT2D eigenvalue weighted by molar-refractivity contribution is 5.99. The molecule has 3 aliphatic heterocycles. The molecule has 2 amide bonds. The Kier molecular flexibility index (Phi) is 6.50. The van der Waals surface area contributed by atoms with Crippen LogP contribution < -0.4 is 9.80 Å². The van der Waals surface area contributed by atoms with Gasteiger partial charge in [-0.2, -0.15) is 0 Å². The van der Waals surface area contributed by atoms with E-state index < -0.39 is 0 Å². The molecule has 8 nitrogen and oxygen atoms in total. The number of hydrogen-bond donors (Lipinski definition) is 0. The van der Waals surface area contributed by atoms with Crippen molar-refractivity contribution in [1.29, 1.82) is 0 Å². The first-order valence-electron chi connectivity index (χ1n) is 13.5. The minimum absolute atomic E-state index is 0.0645. The summed E-state index contributed by atoms with van der Waals surface area (Å²) < 4.78 is 2.24. The van der Waals surface area contributed by atoms with Gasteiger partial charge in [-0.05, 0) is 48.4 Å². The van der Waals surface area contributed by atoms with E-state index >= 15 is 0 Å². The van der Waals surface area contributed by atoms with Crippen molar-refractivity contribution in [3.8, 4) is 0 Å². The number of anilines is 2. The maximum absolute atomic E-state index is 13.6. The molecule has 1 aromatic heterocycles. The summed E-state index contributed by atoms with van der Waals surface area (Å²) in [5.74, 6) is 2.53. The Morgan fingerprint density at radius 1 is 0.865 bits per heavy atom. The molecule has 0 spiro atoms. The van der Waals surface area contributed by atoms with Crippen molar-refractivity contribution in [2.45, 2.75) is 45.6 Å². The molecule has 6 rings (SSSR count). The normalized spacial score (nSPS) is 18.2. The van der Waals surface area contributed by atoms with Gasteiger partial charge in [0, 0.05) is 50.4 Å². The van der Waals surface area contributed by atoms with E-state index in [1.807, 2.05) is 46.2 Å². The second-order valence-corrected chi connectivity index (χ2v) is 10.4.